The molecule has 1 aromatic carbocycles. The lowest BCUT2D eigenvalue weighted by Gasteiger charge is -2.33. The molecule has 0 unspecified atom stereocenters. The lowest BCUT2D eigenvalue weighted by Crippen LogP contribution is -2.40. The van der Waals surface area contributed by atoms with Crippen LogP contribution < -0.4 is 4.90 Å². The van der Waals surface area contributed by atoms with Crippen LogP contribution in [0.25, 0.3) is 0 Å². The molecule has 0 saturated heterocycles. The lowest BCUT2D eigenvalue weighted by molar-refractivity contribution is 0.0223. The van der Waals surface area contributed by atoms with Gasteiger partial charge in [-0.25, -0.2) is 13.6 Å². The summed E-state index contributed by atoms with van der Waals surface area (Å²) in [6.45, 7) is 7.17. The zero-order valence-corrected chi connectivity index (χ0v) is 19.8. The van der Waals surface area contributed by atoms with Gasteiger partial charge in [-0.15, -0.1) is 0 Å². The number of nitrogens with zero attached hydrogens (tertiary/aromatic N) is 4. The SMILES string of the molecule is Cn1nc(N2CCCc3cc(Br)c(C(F)F)cc32)c2c1CCN(C(=O)OC(C)(C)C)C2. The maximum Gasteiger partial charge on any atom is 0.410 e. The number of alkyl halides is 2. The van der Waals surface area contributed by atoms with Crippen molar-refractivity contribution in [2.75, 3.05) is 18.0 Å². The van der Waals surface area contributed by atoms with E-state index in [2.05, 4.69) is 15.9 Å². The molecule has 2 aliphatic heterocycles. The average molecular weight is 497 g/mol. The minimum atomic E-state index is -2.57. The fraction of sp³-hybridized carbons (Fsp3) is 0.545. The van der Waals surface area contributed by atoms with Gasteiger partial charge >= 0.3 is 6.09 Å². The van der Waals surface area contributed by atoms with Crippen molar-refractivity contribution in [3.8, 4) is 0 Å². The number of hydrogen-bond acceptors (Lipinski definition) is 4. The third kappa shape index (κ3) is 4.29. The van der Waals surface area contributed by atoms with Crippen molar-refractivity contribution in [1.29, 1.82) is 0 Å². The Morgan fingerprint density at radius 2 is 1.97 bits per heavy atom. The highest BCUT2D eigenvalue weighted by Gasteiger charge is 2.33. The van der Waals surface area contributed by atoms with Crippen LogP contribution >= 0.6 is 15.9 Å². The number of anilines is 2. The van der Waals surface area contributed by atoms with Gasteiger partial charge in [-0.2, -0.15) is 5.10 Å². The Morgan fingerprint density at radius 3 is 2.65 bits per heavy atom. The van der Waals surface area contributed by atoms with E-state index >= 15 is 0 Å². The van der Waals surface area contributed by atoms with Gasteiger partial charge in [-0.3, -0.25) is 4.68 Å². The predicted molar refractivity (Wildman–Crippen MR) is 118 cm³/mol. The number of benzene rings is 1. The first-order valence-corrected chi connectivity index (χ1v) is 11.2. The van der Waals surface area contributed by atoms with Crippen LogP contribution in [-0.2, 0) is 31.2 Å². The quantitative estimate of drug-likeness (QED) is 0.550. The highest BCUT2D eigenvalue weighted by molar-refractivity contribution is 9.10. The molecule has 0 radical (unpaired) electrons. The number of halogens is 3. The molecule has 31 heavy (non-hydrogen) atoms. The normalized spacial score (nSPS) is 16.4. The average Bonchev–Trinajstić information content (AvgIpc) is 3.01. The Balaban J connectivity index is 1.71. The molecule has 6 nitrogen and oxygen atoms in total. The van der Waals surface area contributed by atoms with Gasteiger partial charge < -0.3 is 14.5 Å². The molecule has 168 valence electrons. The summed E-state index contributed by atoms with van der Waals surface area (Å²) in [4.78, 5) is 16.4. The molecule has 2 aliphatic rings. The second kappa shape index (κ2) is 8.07. The minimum absolute atomic E-state index is 0.0224. The van der Waals surface area contributed by atoms with Crippen molar-refractivity contribution in [2.45, 2.75) is 58.6 Å². The van der Waals surface area contributed by atoms with Crippen LogP contribution in [0.4, 0.5) is 25.1 Å². The molecular formula is C22H27BrF2N4O2. The number of carbonyl (C=O) groups is 1. The van der Waals surface area contributed by atoms with Crippen LogP contribution in [-0.4, -0.2) is 39.5 Å². The largest absolute Gasteiger partial charge is 0.444 e. The summed E-state index contributed by atoms with van der Waals surface area (Å²) in [5.74, 6) is 0.731. The van der Waals surface area contributed by atoms with Crippen molar-refractivity contribution < 1.29 is 18.3 Å². The Hall–Kier alpha value is -2.16. The molecule has 0 spiro atoms. The summed E-state index contributed by atoms with van der Waals surface area (Å²) < 4.78 is 34.9. The smallest absolute Gasteiger partial charge is 0.410 e. The molecule has 4 rings (SSSR count). The van der Waals surface area contributed by atoms with E-state index in [1.165, 1.54) is 0 Å². The Kier molecular flexibility index (Phi) is 5.74. The van der Waals surface area contributed by atoms with Crippen molar-refractivity contribution >= 4 is 33.5 Å². The van der Waals surface area contributed by atoms with Gasteiger partial charge in [0.1, 0.15) is 5.60 Å². The highest BCUT2D eigenvalue weighted by atomic mass is 79.9. The van der Waals surface area contributed by atoms with Gasteiger partial charge in [0.15, 0.2) is 5.82 Å². The van der Waals surface area contributed by atoms with Crippen molar-refractivity contribution in [3.05, 3.63) is 39.0 Å². The van der Waals surface area contributed by atoms with Crippen molar-refractivity contribution in [1.82, 2.24) is 14.7 Å². The Morgan fingerprint density at radius 1 is 1.23 bits per heavy atom. The Labute approximate surface area is 189 Å². The first kappa shape index (κ1) is 22.0. The minimum Gasteiger partial charge on any atom is -0.444 e. The van der Waals surface area contributed by atoms with Crippen LogP contribution in [0.3, 0.4) is 0 Å². The fourth-order valence-electron chi connectivity index (χ4n) is 4.28. The molecule has 1 aromatic heterocycles. The van der Waals surface area contributed by atoms with E-state index in [1.54, 1.807) is 17.0 Å². The maximum absolute atomic E-state index is 13.6. The third-order valence-electron chi connectivity index (χ3n) is 5.68. The van der Waals surface area contributed by atoms with Gasteiger partial charge in [0, 0.05) is 53.5 Å². The zero-order valence-electron chi connectivity index (χ0n) is 18.2. The first-order valence-electron chi connectivity index (χ1n) is 10.5. The number of rotatable bonds is 2. The summed E-state index contributed by atoms with van der Waals surface area (Å²) >= 11 is 3.29. The molecule has 0 atom stereocenters. The van der Waals surface area contributed by atoms with Crippen LogP contribution in [0.15, 0.2) is 16.6 Å². The highest BCUT2D eigenvalue weighted by Crippen LogP contribution is 2.41. The molecule has 0 N–H and O–H groups in total. The predicted octanol–water partition coefficient (Wildman–Crippen LogP) is 5.50. The number of aryl methyl sites for hydroxylation is 2. The van der Waals surface area contributed by atoms with E-state index in [0.717, 1.165) is 41.2 Å². The summed E-state index contributed by atoms with van der Waals surface area (Å²) in [7, 11) is 1.89. The van der Waals surface area contributed by atoms with E-state index in [4.69, 9.17) is 9.84 Å². The molecule has 1 amide bonds. The van der Waals surface area contributed by atoms with Gasteiger partial charge in [0.05, 0.1) is 6.54 Å². The Bertz CT molecular complexity index is 1020. The topological polar surface area (TPSA) is 50.6 Å². The maximum atomic E-state index is 13.6. The number of amides is 1. The molecular weight excluding hydrogens is 470 g/mol. The van der Waals surface area contributed by atoms with E-state index in [9.17, 15) is 13.6 Å². The van der Waals surface area contributed by atoms with Crippen LogP contribution in [0.5, 0.6) is 0 Å². The number of carbonyl (C=O) groups excluding carboxylic acids is 1. The molecule has 0 bridgehead atoms. The van der Waals surface area contributed by atoms with Crippen LogP contribution in [0.2, 0.25) is 0 Å². The summed E-state index contributed by atoms with van der Waals surface area (Å²) in [6.07, 6.45) is -0.525. The third-order valence-corrected chi connectivity index (χ3v) is 6.37. The molecule has 0 fully saturated rings. The summed E-state index contributed by atoms with van der Waals surface area (Å²) in [5, 5.41) is 4.74. The summed E-state index contributed by atoms with van der Waals surface area (Å²) in [5.41, 5.74) is 3.20. The van der Waals surface area contributed by atoms with E-state index in [1.807, 2.05) is 37.4 Å². The first-order chi connectivity index (χ1) is 14.5. The number of fused-ring (bicyclic) bond motifs is 2. The second-order valence-corrected chi connectivity index (χ2v) is 9.94. The van der Waals surface area contributed by atoms with E-state index < -0.39 is 12.0 Å². The van der Waals surface area contributed by atoms with E-state index in [-0.39, 0.29) is 11.7 Å². The van der Waals surface area contributed by atoms with E-state index in [0.29, 0.717) is 30.5 Å². The van der Waals surface area contributed by atoms with Crippen molar-refractivity contribution in [2.24, 2.45) is 7.05 Å². The second-order valence-electron chi connectivity index (χ2n) is 9.08. The standard InChI is InChI=1S/C22H27BrF2N4O2/c1-22(2,3)31-21(30)28-9-7-17-15(12-28)20(26-27(17)4)29-8-5-6-13-10-16(23)14(19(24)25)11-18(13)29/h10-11,19H,5-9,12H2,1-4H3. The lowest BCUT2D eigenvalue weighted by atomic mass is 9.98. The monoisotopic (exact) mass is 496 g/mol. The van der Waals surface area contributed by atoms with Gasteiger partial charge in [0.2, 0.25) is 0 Å². The van der Waals surface area contributed by atoms with Crippen LogP contribution in [0.1, 0.15) is 56.0 Å². The van der Waals surface area contributed by atoms with Crippen LogP contribution in [0, 0.1) is 0 Å². The summed E-state index contributed by atoms with van der Waals surface area (Å²) in [6, 6.07) is 3.37. The van der Waals surface area contributed by atoms with Gasteiger partial charge in [-0.05, 0) is 51.3 Å². The molecule has 0 saturated carbocycles. The molecule has 9 heteroatoms. The molecule has 0 aliphatic carbocycles. The number of hydrogen-bond donors (Lipinski definition) is 0. The number of ether oxygens (including phenoxy) is 1. The zero-order chi connectivity index (χ0) is 22.5. The molecule has 3 heterocycles. The number of aromatic nitrogens is 2. The van der Waals surface area contributed by atoms with Gasteiger partial charge in [0.25, 0.3) is 6.43 Å². The molecule has 2 aromatic rings. The van der Waals surface area contributed by atoms with Crippen molar-refractivity contribution in [3.63, 3.8) is 0 Å². The fourth-order valence-corrected chi connectivity index (χ4v) is 4.84. The van der Waals surface area contributed by atoms with Gasteiger partial charge in [-0.1, -0.05) is 15.9 Å².